The van der Waals surface area contributed by atoms with Gasteiger partial charge in [0.1, 0.15) is 5.76 Å². The van der Waals surface area contributed by atoms with Gasteiger partial charge in [-0.1, -0.05) is 0 Å². The summed E-state index contributed by atoms with van der Waals surface area (Å²) in [6.07, 6.45) is 2.34. The van der Waals surface area contributed by atoms with Gasteiger partial charge in [-0.3, -0.25) is 19.3 Å². The number of nitrogens with zero attached hydrogens (tertiary/aromatic N) is 2. The third-order valence-electron chi connectivity index (χ3n) is 5.65. The zero-order chi connectivity index (χ0) is 20.1. The lowest BCUT2D eigenvalue weighted by Gasteiger charge is -2.33. The summed E-state index contributed by atoms with van der Waals surface area (Å²) >= 11 is 1.72. The number of hydrogen-bond acceptors (Lipinski definition) is 5. The predicted octanol–water partition coefficient (Wildman–Crippen LogP) is 3.90. The van der Waals surface area contributed by atoms with E-state index in [2.05, 4.69) is 11.4 Å². The molecule has 1 unspecified atom stereocenters. The lowest BCUT2D eigenvalue weighted by molar-refractivity contribution is 0.0630. The predicted molar refractivity (Wildman–Crippen MR) is 107 cm³/mol. The quantitative estimate of drug-likeness (QED) is 0.619. The summed E-state index contributed by atoms with van der Waals surface area (Å²) in [6.45, 7) is 2.74. The molecule has 0 radical (unpaired) electrons. The first kappa shape index (κ1) is 17.9. The van der Waals surface area contributed by atoms with E-state index in [1.165, 1.54) is 16.7 Å². The van der Waals surface area contributed by atoms with Crippen LogP contribution in [0.15, 0.2) is 52.5 Å². The van der Waals surface area contributed by atoms with Crippen LogP contribution < -0.4 is 0 Å². The van der Waals surface area contributed by atoms with Crippen LogP contribution in [-0.4, -0.2) is 34.1 Å². The molecule has 1 atom stereocenters. The molecule has 2 aliphatic heterocycles. The van der Waals surface area contributed by atoms with Crippen LogP contribution in [-0.2, 0) is 13.0 Å². The molecule has 1 aromatic carbocycles. The van der Waals surface area contributed by atoms with E-state index in [1.54, 1.807) is 41.7 Å². The van der Waals surface area contributed by atoms with E-state index in [1.807, 2.05) is 11.8 Å². The third-order valence-corrected chi connectivity index (χ3v) is 6.65. The van der Waals surface area contributed by atoms with Crippen LogP contribution in [0.2, 0.25) is 0 Å². The number of furan rings is 1. The minimum Gasteiger partial charge on any atom is -0.467 e. The van der Waals surface area contributed by atoms with Crippen molar-refractivity contribution in [2.45, 2.75) is 25.9 Å². The molecule has 0 aliphatic carbocycles. The van der Waals surface area contributed by atoms with Crippen molar-refractivity contribution < 1.29 is 18.8 Å². The molecular weight excluding hydrogens is 388 g/mol. The van der Waals surface area contributed by atoms with Gasteiger partial charge in [-0.2, -0.15) is 0 Å². The lowest BCUT2D eigenvalue weighted by Crippen LogP contribution is -2.38. The SMILES string of the molecule is CC1c2ccsc2CCN1C(=O)c1ccc2c(c1)C(=O)N(Cc1ccco1)C2=O. The van der Waals surface area contributed by atoms with Crippen molar-refractivity contribution in [2.24, 2.45) is 0 Å². The maximum absolute atomic E-state index is 13.2. The molecule has 7 heteroatoms. The van der Waals surface area contributed by atoms with Crippen molar-refractivity contribution in [3.05, 3.63) is 80.9 Å². The van der Waals surface area contributed by atoms with Crippen LogP contribution >= 0.6 is 11.3 Å². The fourth-order valence-corrected chi connectivity index (χ4v) is 5.04. The maximum Gasteiger partial charge on any atom is 0.261 e. The Hall–Kier alpha value is -3.19. The van der Waals surface area contributed by atoms with Gasteiger partial charge in [-0.05, 0) is 60.7 Å². The average Bonchev–Trinajstić information content (AvgIpc) is 3.46. The van der Waals surface area contributed by atoms with Crippen LogP contribution in [0.25, 0.3) is 0 Å². The van der Waals surface area contributed by atoms with Gasteiger partial charge in [0.15, 0.2) is 0 Å². The van der Waals surface area contributed by atoms with E-state index in [9.17, 15) is 14.4 Å². The van der Waals surface area contributed by atoms with Crippen molar-refractivity contribution in [1.29, 1.82) is 0 Å². The summed E-state index contributed by atoms with van der Waals surface area (Å²) < 4.78 is 5.26. The number of rotatable bonds is 3. The molecule has 0 saturated carbocycles. The Balaban J connectivity index is 1.42. The Morgan fingerprint density at radius 1 is 1.17 bits per heavy atom. The molecule has 0 spiro atoms. The molecule has 0 saturated heterocycles. The first-order valence-corrected chi connectivity index (χ1v) is 10.3. The van der Waals surface area contributed by atoms with Crippen molar-refractivity contribution in [3.63, 3.8) is 0 Å². The molecule has 6 nitrogen and oxygen atoms in total. The number of imide groups is 1. The van der Waals surface area contributed by atoms with Gasteiger partial charge in [0, 0.05) is 17.0 Å². The summed E-state index contributed by atoms with van der Waals surface area (Å²) in [4.78, 5) is 42.9. The van der Waals surface area contributed by atoms with E-state index in [4.69, 9.17) is 4.42 Å². The normalized spacial score (nSPS) is 18.2. The number of carbonyl (C=O) groups is 3. The Kier molecular flexibility index (Phi) is 4.13. The molecule has 4 heterocycles. The monoisotopic (exact) mass is 406 g/mol. The van der Waals surface area contributed by atoms with E-state index in [-0.39, 0.29) is 30.0 Å². The number of hydrogen-bond donors (Lipinski definition) is 0. The average molecular weight is 406 g/mol. The molecule has 2 aromatic heterocycles. The van der Waals surface area contributed by atoms with Gasteiger partial charge >= 0.3 is 0 Å². The first-order valence-electron chi connectivity index (χ1n) is 9.44. The second kappa shape index (κ2) is 6.70. The molecule has 146 valence electrons. The largest absolute Gasteiger partial charge is 0.467 e. The Labute approximate surface area is 171 Å². The topological polar surface area (TPSA) is 70.8 Å². The summed E-state index contributed by atoms with van der Waals surface area (Å²) in [5, 5.41) is 2.06. The third kappa shape index (κ3) is 2.81. The van der Waals surface area contributed by atoms with Gasteiger partial charge in [0.2, 0.25) is 0 Å². The molecule has 5 rings (SSSR count). The summed E-state index contributed by atoms with van der Waals surface area (Å²) in [7, 11) is 0. The van der Waals surface area contributed by atoms with Crippen molar-refractivity contribution >= 4 is 29.1 Å². The molecule has 0 bridgehead atoms. The minimum atomic E-state index is -0.400. The Morgan fingerprint density at radius 3 is 2.79 bits per heavy atom. The van der Waals surface area contributed by atoms with E-state index in [0.29, 0.717) is 23.4 Å². The highest BCUT2D eigenvalue weighted by Gasteiger charge is 2.37. The van der Waals surface area contributed by atoms with E-state index >= 15 is 0 Å². The van der Waals surface area contributed by atoms with E-state index in [0.717, 1.165) is 11.3 Å². The second-order valence-corrected chi connectivity index (χ2v) is 8.26. The Bertz CT molecular complexity index is 1130. The number of fused-ring (bicyclic) bond motifs is 2. The molecule has 0 fully saturated rings. The number of carbonyl (C=O) groups excluding carboxylic acids is 3. The number of amides is 3. The minimum absolute atomic E-state index is 0.0152. The fourth-order valence-electron chi connectivity index (χ4n) is 4.08. The molecule has 0 N–H and O–H groups in total. The second-order valence-electron chi connectivity index (χ2n) is 7.26. The molecule has 3 aromatic rings. The summed E-state index contributed by atoms with van der Waals surface area (Å²) in [5.74, 6) is -0.357. The molecule has 3 amide bonds. The van der Waals surface area contributed by atoms with Crippen LogP contribution in [0.1, 0.15) is 60.2 Å². The van der Waals surface area contributed by atoms with Crippen LogP contribution in [0.5, 0.6) is 0 Å². The van der Waals surface area contributed by atoms with Crippen molar-refractivity contribution in [1.82, 2.24) is 9.80 Å². The summed E-state index contributed by atoms with van der Waals surface area (Å²) in [6, 6.07) is 10.3. The Morgan fingerprint density at radius 2 is 2.00 bits per heavy atom. The standard InChI is InChI=1S/C22H18N2O4S/c1-13-16-7-10-29-19(16)6-8-23(13)20(25)14-4-5-17-18(11-14)22(27)24(21(17)26)12-15-3-2-9-28-15/h2-5,7,9-11,13H,6,8,12H2,1H3. The zero-order valence-corrected chi connectivity index (χ0v) is 16.6. The van der Waals surface area contributed by atoms with Gasteiger partial charge in [-0.15, -0.1) is 11.3 Å². The number of benzene rings is 1. The van der Waals surface area contributed by atoms with Crippen molar-refractivity contribution in [2.75, 3.05) is 6.54 Å². The molecular formula is C22H18N2O4S. The number of thiophene rings is 1. The van der Waals surface area contributed by atoms with Gasteiger partial charge in [0.05, 0.1) is 30.0 Å². The summed E-state index contributed by atoms with van der Waals surface area (Å²) in [5.41, 5.74) is 2.21. The highest BCUT2D eigenvalue weighted by atomic mass is 32.1. The van der Waals surface area contributed by atoms with Gasteiger partial charge in [0.25, 0.3) is 17.7 Å². The van der Waals surface area contributed by atoms with Crippen LogP contribution in [0, 0.1) is 0 Å². The van der Waals surface area contributed by atoms with Gasteiger partial charge < -0.3 is 9.32 Å². The zero-order valence-electron chi connectivity index (χ0n) is 15.8. The van der Waals surface area contributed by atoms with Crippen molar-refractivity contribution in [3.8, 4) is 0 Å². The van der Waals surface area contributed by atoms with Crippen LogP contribution in [0.3, 0.4) is 0 Å². The smallest absolute Gasteiger partial charge is 0.261 e. The van der Waals surface area contributed by atoms with Crippen LogP contribution in [0.4, 0.5) is 0 Å². The molecule has 29 heavy (non-hydrogen) atoms. The van der Waals surface area contributed by atoms with E-state index < -0.39 is 5.91 Å². The molecule has 2 aliphatic rings. The lowest BCUT2D eigenvalue weighted by atomic mass is 9.99. The highest BCUT2D eigenvalue weighted by molar-refractivity contribution is 7.10. The van der Waals surface area contributed by atoms with Gasteiger partial charge in [-0.25, -0.2) is 0 Å². The fraction of sp³-hybridized carbons (Fsp3) is 0.227. The first-order chi connectivity index (χ1) is 14.0. The highest BCUT2D eigenvalue weighted by Crippen LogP contribution is 2.34. The maximum atomic E-state index is 13.2.